The predicted octanol–water partition coefficient (Wildman–Crippen LogP) is 2.25. The smallest absolute Gasteiger partial charge is 0.243 e. The fourth-order valence-corrected chi connectivity index (χ4v) is 3.83. The second kappa shape index (κ2) is 6.45. The number of benzene rings is 2. The van der Waals surface area contributed by atoms with Crippen LogP contribution < -0.4 is 4.72 Å². The molecule has 2 N–H and O–H groups in total. The maximum Gasteiger partial charge on any atom is 0.243 e. The van der Waals surface area contributed by atoms with E-state index in [1.807, 2.05) is 18.2 Å². The number of fused-ring (bicyclic) bond motifs is 1. The number of hydrogen-bond acceptors (Lipinski definition) is 4. The lowest BCUT2D eigenvalue weighted by Gasteiger charge is -2.17. The van der Waals surface area contributed by atoms with Crippen LogP contribution in [0.3, 0.4) is 0 Å². The molecule has 0 amide bonds. The van der Waals surface area contributed by atoms with E-state index in [0.29, 0.717) is 11.1 Å². The van der Waals surface area contributed by atoms with Crippen molar-refractivity contribution in [2.24, 2.45) is 0 Å². The lowest BCUT2D eigenvalue weighted by Crippen LogP contribution is -2.31. The molecule has 0 bridgehead atoms. The van der Waals surface area contributed by atoms with Gasteiger partial charge >= 0.3 is 0 Å². The van der Waals surface area contributed by atoms with Crippen LogP contribution >= 0.6 is 0 Å². The molecule has 0 spiro atoms. The van der Waals surface area contributed by atoms with Gasteiger partial charge in [-0.1, -0.05) is 48.5 Å². The van der Waals surface area contributed by atoms with Gasteiger partial charge in [-0.3, -0.25) is 4.98 Å². The van der Waals surface area contributed by atoms with Crippen LogP contribution in [0.5, 0.6) is 0 Å². The summed E-state index contributed by atoms with van der Waals surface area (Å²) in [5.74, 6) is 0. The van der Waals surface area contributed by atoms with E-state index in [1.54, 1.807) is 42.6 Å². The standard InChI is InChI=1S/C17H16N2O3S/c20-12-15(13-6-2-1-3-7-13)19-23(21,22)16-10-4-8-14-9-5-11-18-17(14)16/h1-11,15,19-20H,12H2/t15-/m0/s1. The summed E-state index contributed by atoms with van der Waals surface area (Å²) in [5, 5.41) is 10.3. The number of pyridine rings is 1. The summed E-state index contributed by atoms with van der Waals surface area (Å²) in [4.78, 5) is 4.27. The van der Waals surface area contributed by atoms with Crippen molar-refractivity contribution in [1.82, 2.24) is 9.71 Å². The van der Waals surface area contributed by atoms with Gasteiger partial charge in [0, 0.05) is 11.6 Å². The minimum atomic E-state index is -3.82. The molecule has 0 saturated heterocycles. The molecule has 0 aliphatic rings. The van der Waals surface area contributed by atoms with Crippen molar-refractivity contribution < 1.29 is 13.5 Å². The van der Waals surface area contributed by atoms with Gasteiger partial charge in [0.15, 0.2) is 0 Å². The molecule has 118 valence electrons. The largest absolute Gasteiger partial charge is 0.394 e. The summed E-state index contributed by atoms with van der Waals surface area (Å²) >= 11 is 0. The second-order valence-corrected chi connectivity index (χ2v) is 6.78. The Kier molecular flexibility index (Phi) is 4.38. The topological polar surface area (TPSA) is 79.3 Å². The summed E-state index contributed by atoms with van der Waals surface area (Å²) in [6.45, 7) is -0.332. The molecule has 3 aromatic rings. The fourth-order valence-electron chi connectivity index (χ4n) is 2.44. The first-order valence-electron chi connectivity index (χ1n) is 7.14. The number of rotatable bonds is 5. The summed E-state index contributed by atoms with van der Waals surface area (Å²) < 4.78 is 28.0. The Balaban J connectivity index is 2.01. The van der Waals surface area contributed by atoms with E-state index in [4.69, 9.17) is 0 Å². The number of hydrogen-bond donors (Lipinski definition) is 2. The zero-order valence-electron chi connectivity index (χ0n) is 12.3. The van der Waals surface area contributed by atoms with Gasteiger partial charge in [0.1, 0.15) is 4.90 Å². The van der Waals surface area contributed by atoms with Gasteiger partial charge in [-0.15, -0.1) is 0 Å². The average molecular weight is 328 g/mol. The molecular weight excluding hydrogens is 312 g/mol. The number of nitrogens with one attached hydrogen (secondary N) is 1. The number of aliphatic hydroxyl groups is 1. The second-order valence-electron chi connectivity index (χ2n) is 5.10. The van der Waals surface area contributed by atoms with Gasteiger partial charge < -0.3 is 5.11 Å². The lowest BCUT2D eigenvalue weighted by molar-refractivity contribution is 0.259. The fraction of sp³-hybridized carbons (Fsp3) is 0.118. The van der Waals surface area contributed by atoms with Gasteiger partial charge in [-0.05, 0) is 17.7 Å². The highest BCUT2D eigenvalue weighted by molar-refractivity contribution is 7.89. The van der Waals surface area contributed by atoms with Crippen molar-refractivity contribution in [3.8, 4) is 0 Å². The van der Waals surface area contributed by atoms with E-state index in [0.717, 1.165) is 5.39 Å². The molecular formula is C17H16N2O3S. The predicted molar refractivity (Wildman–Crippen MR) is 88.3 cm³/mol. The van der Waals surface area contributed by atoms with E-state index in [2.05, 4.69) is 9.71 Å². The summed E-state index contributed by atoms with van der Waals surface area (Å²) in [7, 11) is -3.82. The highest BCUT2D eigenvalue weighted by Gasteiger charge is 2.23. The van der Waals surface area contributed by atoms with Crippen molar-refractivity contribution in [2.75, 3.05) is 6.61 Å². The summed E-state index contributed by atoms with van der Waals surface area (Å²) in [6.07, 6.45) is 1.56. The molecule has 0 fully saturated rings. The van der Waals surface area contributed by atoms with Crippen LogP contribution in [0, 0.1) is 0 Å². The number of aliphatic hydroxyl groups excluding tert-OH is 1. The first-order chi connectivity index (χ1) is 11.1. The Bertz CT molecular complexity index is 906. The van der Waals surface area contributed by atoms with Gasteiger partial charge in [-0.2, -0.15) is 0 Å². The Hall–Kier alpha value is -2.28. The van der Waals surface area contributed by atoms with Crippen molar-refractivity contribution in [3.63, 3.8) is 0 Å². The van der Waals surface area contributed by atoms with Gasteiger partial charge in [-0.25, -0.2) is 13.1 Å². The normalized spacial score (nSPS) is 13.1. The molecule has 0 radical (unpaired) electrons. The van der Waals surface area contributed by atoms with Gasteiger partial charge in [0.05, 0.1) is 18.2 Å². The molecule has 0 unspecified atom stereocenters. The Morgan fingerprint density at radius 2 is 1.74 bits per heavy atom. The molecule has 0 aliphatic carbocycles. The molecule has 1 aromatic heterocycles. The number of nitrogens with zero attached hydrogens (tertiary/aromatic N) is 1. The van der Waals surface area contributed by atoms with Crippen molar-refractivity contribution in [3.05, 3.63) is 72.4 Å². The summed E-state index contributed by atoms with van der Waals surface area (Å²) in [6, 6.07) is 16.8. The maximum absolute atomic E-state index is 12.7. The Morgan fingerprint density at radius 3 is 2.48 bits per heavy atom. The molecule has 1 atom stereocenters. The quantitative estimate of drug-likeness (QED) is 0.753. The van der Waals surface area contributed by atoms with Crippen molar-refractivity contribution >= 4 is 20.9 Å². The van der Waals surface area contributed by atoms with E-state index >= 15 is 0 Å². The Morgan fingerprint density at radius 1 is 1.00 bits per heavy atom. The van der Waals surface area contributed by atoms with E-state index in [1.165, 1.54) is 6.07 Å². The molecule has 0 saturated carbocycles. The average Bonchev–Trinajstić information content (AvgIpc) is 2.60. The lowest BCUT2D eigenvalue weighted by atomic mass is 10.1. The third kappa shape index (κ3) is 3.24. The first-order valence-corrected chi connectivity index (χ1v) is 8.62. The van der Waals surface area contributed by atoms with Crippen LogP contribution in [0.2, 0.25) is 0 Å². The van der Waals surface area contributed by atoms with E-state index in [-0.39, 0.29) is 11.5 Å². The SMILES string of the molecule is O=S(=O)(N[C@@H](CO)c1ccccc1)c1cccc2cccnc12. The number of sulfonamides is 1. The third-order valence-electron chi connectivity index (χ3n) is 3.57. The molecule has 0 aliphatic heterocycles. The van der Waals surface area contributed by atoms with Crippen LogP contribution in [-0.2, 0) is 10.0 Å². The van der Waals surface area contributed by atoms with Crippen molar-refractivity contribution in [2.45, 2.75) is 10.9 Å². The highest BCUT2D eigenvalue weighted by Crippen LogP contribution is 2.23. The minimum Gasteiger partial charge on any atom is -0.394 e. The van der Waals surface area contributed by atoms with Gasteiger partial charge in [0.25, 0.3) is 0 Å². The number of para-hydroxylation sites is 1. The van der Waals surface area contributed by atoms with Crippen LogP contribution in [0.4, 0.5) is 0 Å². The number of aromatic nitrogens is 1. The van der Waals surface area contributed by atoms with E-state index in [9.17, 15) is 13.5 Å². The van der Waals surface area contributed by atoms with Crippen LogP contribution in [0.25, 0.3) is 10.9 Å². The van der Waals surface area contributed by atoms with Crippen LogP contribution in [-0.4, -0.2) is 25.1 Å². The molecule has 2 aromatic carbocycles. The summed E-state index contributed by atoms with van der Waals surface area (Å²) in [5.41, 5.74) is 1.11. The zero-order chi connectivity index (χ0) is 16.3. The Labute approximate surface area is 134 Å². The molecule has 23 heavy (non-hydrogen) atoms. The van der Waals surface area contributed by atoms with Crippen LogP contribution in [0.15, 0.2) is 71.8 Å². The minimum absolute atomic E-state index is 0.102. The zero-order valence-corrected chi connectivity index (χ0v) is 13.1. The van der Waals surface area contributed by atoms with E-state index < -0.39 is 16.1 Å². The molecule has 1 heterocycles. The molecule has 6 heteroatoms. The third-order valence-corrected chi connectivity index (χ3v) is 5.07. The van der Waals surface area contributed by atoms with Crippen molar-refractivity contribution in [1.29, 1.82) is 0 Å². The maximum atomic E-state index is 12.7. The van der Waals surface area contributed by atoms with Gasteiger partial charge in [0.2, 0.25) is 10.0 Å². The monoisotopic (exact) mass is 328 g/mol. The molecule has 3 rings (SSSR count). The molecule has 5 nitrogen and oxygen atoms in total. The van der Waals surface area contributed by atoms with Crippen LogP contribution in [0.1, 0.15) is 11.6 Å². The highest BCUT2D eigenvalue weighted by atomic mass is 32.2. The first kappa shape index (κ1) is 15.6.